The smallest absolute Gasteiger partial charge is 0.215 e. The number of hydrogen-bond acceptors (Lipinski definition) is 4. The van der Waals surface area contributed by atoms with E-state index in [0.717, 1.165) is 13.1 Å². The van der Waals surface area contributed by atoms with E-state index in [-0.39, 0.29) is 11.8 Å². The Balaban J connectivity index is 1.69. The molecule has 1 fully saturated rings. The van der Waals surface area contributed by atoms with Crippen molar-refractivity contribution < 1.29 is 8.42 Å². The number of benzene rings is 1. The van der Waals surface area contributed by atoms with Crippen LogP contribution in [0.3, 0.4) is 0 Å². The molecule has 0 spiro atoms. The molecular weight excluding hydrogens is 388 g/mol. The zero-order valence-corrected chi connectivity index (χ0v) is 17.1. The van der Waals surface area contributed by atoms with Crippen LogP contribution < -0.4 is 4.72 Å². The first kappa shape index (κ1) is 19.8. The van der Waals surface area contributed by atoms with Crippen LogP contribution in [-0.2, 0) is 15.8 Å². The standard InChI is InChI=1S/C19H25ClN2O2S2/c20-18-8-4-3-7-17(18)15-26(23,24)21-13-19(16-9-12-25-14-16)22-10-5-1-2-6-11-22/h3-4,7-9,12,14,19,21H,1-2,5-6,10-11,13,15H2. The van der Waals surface area contributed by atoms with Gasteiger partial charge in [0, 0.05) is 17.6 Å². The third-order valence-corrected chi connectivity index (χ3v) is 7.18. The second-order valence-electron chi connectivity index (χ2n) is 6.72. The van der Waals surface area contributed by atoms with Crippen molar-refractivity contribution in [3.8, 4) is 0 Å². The van der Waals surface area contributed by atoms with Gasteiger partial charge in [-0.1, -0.05) is 42.6 Å². The molecule has 0 radical (unpaired) electrons. The van der Waals surface area contributed by atoms with Gasteiger partial charge >= 0.3 is 0 Å². The number of rotatable bonds is 7. The lowest BCUT2D eigenvalue weighted by atomic mass is 10.1. The first-order valence-corrected chi connectivity index (χ1v) is 12.0. The average molecular weight is 413 g/mol. The third kappa shape index (κ3) is 5.54. The van der Waals surface area contributed by atoms with Crippen LogP contribution in [0.5, 0.6) is 0 Å². The van der Waals surface area contributed by atoms with Gasteiger partial charge in [0.15, 0.2) is 0 Å². The molecule has 1 atom stereocenters. The minimum absolute atomic E-state index is 0.0837. The Kier molecular flexibility index (Phi) is 7.12. The van der Waals surface area contributed by atoms with Crippen molar-refractivity contribution in [1.29, 1.82) is 0 Å². The van der Waals surface area contributed by atoms with Crippen LogP contribution >= 0.6 is 22.9 Å². The highest BCUT2D eigenvalue weighted by Crippen LogP contribution is 2.26. The summed E-state index contributed by atoms with van der Waals surface area (Å²) >= 11 is 7.77. The van der Waals surface area contributed by atoms with Crippen molar-refractivity contribution in [3.05, 3.63) is 57.2 Å². The van der Waals surface area contributed by atoms with E-state index in [1.807, 2.05) is 6.07 Å². The van der Waals surface area contributed by atoms with Gasteiger partial charge in [0.1, 0.15) is 0 Å². The fourth-order valence-corrected chi connectivity index (χ4v) is 5.57. The predicted molar refractivity (Wildman–Crippen MR) is 109 cm³/mol. The minimum atomic E-state index is -3.45. The molecule has 3 rings (SSSR count). The molecule has 26 heavy (non-hydrogen) atoms. The highest BCUT2D eigenvalue weighted by atomic mass is 35.5. The summed E-state index contributed by atoms with van der Waals surface area (Å²) < 4.78 is 28.0. The van der Waals surface area contributed by atoms with Crippen molar-refractivity contribution in [2.45, 2.75) is 37.5 Å². The van der Waals surface area contributed by atoms with Crippen LogP contribution in [0.15, 0.2) is 41.1 Å². The first-order chi connectivity index (χ1) is 12.6. The highest BCUT2D eigenvalue weighted by molar-refractivity contribution is 7.88. The Morgan fingerprint density at radius 3 is 2.50 bits per heavy atom. The topological polar surface area (TPSA) is 49.4 Å². The second-order valence-corrected chi connectivity index (χ2v) is 9.72. The maximum Gasteiger partial charge on any atom is 0.215 e. The summed E-state index contributed by atoms with van der Waals surface area (Å²) in [5.74, 6) is -0.0942. The minimum Gasteiger partial charge on any atom is -0.295 e. The summed E-state index contributed by atoms with van der Waals surface area (Å²) in [6.07, 6.45) is 4.86. The number of hydrogen-bond donors (Lipinski definition) is 1. The van der Waals surface area contributed by atoms with Crippen molar-refractivity contribution in [2.24, 2.45) is 0 Å². The van der Waals surface area contributed by atoms with Gasteiger partial charge in [-0.2, -0.15) is 11.3 Å². The molecule has 1 aromatic carbocycles. The lowest BCUT2D eigenvalue weighted by molar-refractivity contribution is 0.206. The molecule has 142 valence electrons. The average Bonchev–Trinajstić information content (AvgIpc) is 3.00. The predicted octanol–water partition coefficient (Wildman–Crippen LogP) is 4.44. The van der Waals surface area contributed by atoms with Gasteiger partial charge in [0.2, 0.25) is 10.0 Å². The lowest BCUT2D eigenvalue weighted by Crippen LogP contribution is -2.38. The highest BCUT2D eigenvalue weighted by Gasteiger charge is 2.24. The largest absolute Gasteiger partial charge is 0.295 e. The summed E-state index contributed by atoms with van der Waals surface area (Å²) in [4.78, 5) is 2.42. The molecule has 1 N–H and O–H groups in total. The number of nitrogens with one attached hydrogen (secondary N) is 1. The van der Waals surface area contributed by atoms with Crippen molar-refractivity contribution in [2.75, 3.05) is 19.6 Å². The fraction of sp³-hybridized carbons (Fsp3) is 0.474. The van der Waals surface area contributed by atoms with Crippen molar-refractivity contribution in [3.63, 3.8) is 0 Å². The number of sulfonamides is 1. The fourth-order valence-electron chi connectivity index (χ4n) is 3.41. The summed E-state index contributed by atoms with van der Waals surface area (Å²) in [6.45, 7) is 2.43. The van der Waals surface area contributed by atoms with Gasteiger partial charge in [-0.3, -0.25) is 4.90 Å². The molecule has 1 saturated heterocycles. The van der Waals surface area contributed by atoms with E-state index < -0.39 is 10.0 Å². The van der Waals surface area contributed by atoms with Crippen LogP contribution in [0.25, 0.3) is 0 Å². The number of likely N-dealkylation sites (tertiary alicyclic amines) is 1. The zero-order valence-electron chi connectivity index (χ0n) is 14.7. The van der Waals surface area contributed by atoms with Gasteiger partial charge in [-0.15, -0.1) is 0 Å². The van der Waals surface area contributed by atoms with Gasteiger partial charge in [0.25, 0.3) is 0 Å². The molecule has 0 aliphatic carbocycles. The van der Waals surface area contributed by atoms with Crippen LogP contribution in [0.1, 0.15) is 42.9 Å². The first-order valence-electron chi connectivity index (χ1n) is 9.02. The number of halogens is 1. The van der Waals surface area contributed by atoms with E-state index in [2.05, 4.69) is 26.4 Å². The van der Waals surface area contributed by atoms with E-state index in [1.165, 1.54) is 31.2 Å². The number of nitrogens with zero attached hydrogens (tertiary/aromatic N) is 1. The lowest BCUT2D eigenvalue weighted by Gasteiger charge is -2.30. The Bertz CT molecular complexity index is 786. The Morgan fingerprint density at radius 2 is 1.85 bits per heavy atom. The van der Waals surface area contributed by atoms with E-state index >= 15 is 0 Å². The van der Waals surface area contributed by atoms with Gasteiger partial charge in [-0.05, 0) is 60.0 Å². The molecule has 4 nitrogen and oxygen atoms in total. The molecule has 0 bridgehead atoms. The van der Waals surface area contributed by atoms with E-state index in [0.29, 0.717) is 17.1 Å². The Labute approximate surface area is 165 Å². The normalized spacial score (nSPS) is 17.7. The van der Waals surface area contributed by atoms with Crippen molar-refractivity contribution >= 4 is 33.0 Å². The molecule has 0 saturated carbocycles. The quantitative estimate of drug-likeness (QED) is 0.731. The van der Waals surface area contributed by atoms with Gasteiger partial charge in [-0.25, -0.2) is 13.1 Å². The molecule has 1 aliphatic heterocycles. The monoisotopic (exact) mass is 412 g/mol. The van der Waals surface area contributed by atoms with E-state index in [9.17, 15) is 8.42 Å². The SMILES string of the molecule is O=S(=O)(Cc1ccccc1Cl)NCC(c1ccsc1)N1CCCCCC1. The maximum absolute atomic E-state index is 12.6. The van der Waals surface area contributed by atoms with E-state index in [1.54, 1.807) is 29.5 Å². The molecule has 1 aromatic heterocycles. The molecule has 0 amide bonds. The van der Waals surface area contributed by atoms with Crippen LogP contribution in [-0.4, -0.2) is 33.0 Å². The second kappa shape index (κ2) is 9.33. The van der Waals surface area contributed by atoms with Crippen LogP contribution in [0.4, 0.5) is 0 Å². The summed E-state index contributed by atoms with van der Waals surface area (Å²) in [6, 6.07) is 9.27. The summed E-state index contributed by atoms with van der Waals surface area (Å²) in [7, 11) is -3.45. The zero-order chi connectivity index (χ0) is 18.4. The third-order valence-electron chi connectivity index (χ3n) is 4.81. The van der Waals surface area contributed by atoms with E-state index in [4.69, 9.17) is 11.6 Å². The van der Waals surface area contributed by atoms with Crippen molar-refractivity contribution in [1.82, 2.24) is 9.62 Å². The Hall–Kier alpha value is -0.920. The molecule has 1 aliphatic rings. The summed E-state index contributed by atoms with van der Waals surface area (Å²) in [5.41, 5.74) is 1.82. The summed E-state index contributed by atoms with van der Waals surface area (Å²) in [5, 5.41) is 4.66. The van der Waals surface area contributed by atoms with Crippen LogP contribution in [0.2, 0.25) is 5.02 Å². The maximum atomic E-state index is 12.6. The molecule has 7 heteroatoms. The molecular formula is C19H25ClN2O2S2. The van der Waals surface area contributed by atoms with Crippen LogP contribution in [0, 0.1) is 0 Å². The molecule has 1 unspecified atom stereocenters. The molecule has 2 heterocycles. The number of thiophene rings is 1. The Morgan fingerprint density at radius 1 is 1.12 bits per heavy atom. The van der Waals surface area contributed by atoms with Gasteiger partial charge in [0.05, 0.1) is 5.75 Å². The molecule has 2 aromatic rings. The van der Waals surface area contributed by atoms with Gasteiger partial charge < -0.3 is 0 Å².